The van der Waals surface area contributed by atoms with Crippen LogP contribution < -0.4 is 0 Å². The molecule has 0 aliphatic carbocycles. The molecule has 0 aromatic carbocycles. The van der Waals surface area contributed by atoms with Gasteiger partial charge in [-0.25, -0.2) is 0 Å². The van der Waals surface area contributed by atoms with Crippen LogP contribution in [0.1, 0.15) is 20.8 Å². The van der Waals surface area contributed by atoms with Crippen molar-refractivity contribution in [3.8, 4) is 0 Å². The van der Waals surface area contributed by atoms with Gasteiger partial charge in [0.15, 0.2) is 0 Å². The van der Waals surface area contributed by atoms with Crippen molar-refractivity contribution in [3.05, 3.63) is 20.8 Å². The molecule has 0 rings (SSSR count). The number of rotatable bonds is 0. The Labute approximate surface area is 61.8 Å². The maximum atomic E-state index is 3.25. The first kappa shape index (κ1) is 25.4. The summed E-state index contributed by atoms with van der Waals surface area (Å²) >= 11 is 0. The molecule has 1 heteroatoms. The Morgan fingerprint density at radius 1 is 0.571 bits per heavy atom. The fourth-order valence-corrected chi connectivity index (χ4v) is 0. The molecular formula is C6H15Ga. The quantitative estimate of drug-likeness (QED) is 0.472. The Morgan fingerprint density at radius 3 is 0.571 bits per heavy atom. The van der Waals surface area contributed by atoms with Crippen LogP contribution in [-0.4, -0.2) is 19.8 Å². The average molecular weight is 157 g/mol. The van der Waals surface area contributed by atoms with Crippen LogP contribution in [0.2, 0.25) is 0 Å². The molecule has 0 fully saturated rings. The van der Waals surface area contributed by atoms with Crippen LogP contribution in [0.3, 0.4) is 0 Å². The summed E-state index contributed by atoms with van der Waals surface area (Å²) < 4.78 is 0. The van der Waals surface area contributed by atoms with Gasteiger partial charge in [-0.2, -0.15) is 0 Å². The molecule has 0 aliphatic heterocycles. The third-order valence-corrected chi connectivity index (χ3v) is 0. The van der Waals surface area contributed by atoms with Crippen LogP contribution in [0, 0.1) is 20.8 Å². The van der Waals surface area contributed by atoms with Crippen molar-refractivity contribution in [2.45, 2.75) is 20.8 Å². The Kier molecular flexibility index (Phi) is 1890. The molecule has 0 unspecified atom stereocenters. The van der Waals surface area contributed by atoms with Gasteiger partial charge in [0.05, 0.1) is 0 Å². The first-order valence-electron chi connectivity index (χ1n) is 2.12. The van der Waals surface area contributed by atoms with Gasteiger partial charge in [0.1, 0.15) is 0 Å². The maximum absolute atomic E-state index is 3.25. The van der Waals surface area contributed by atoms with Crippen LogP contribution in [0.15, 0.2) is 0 Å². The van der Waals surface area contributed by atoms with Crippen molar-refractivity contribution in [1.29, 1.82) is 0 Å². The van der Waals surface area contributed by atoms with Crippen molar-refractivity contribution >= 4 is 19.8 Å². The minimum atomic E-state index is 0. The van der Waals surface area contributed by atoms with E-state index >= 15 is 0 Å². The molecule has 0 aromatic rings. The van der Waals surface area contributed by atoms with Crippen molar-refractivity contribution < 1.29 is 0 Å². The molecule has 42 valence electrons. The molecule has 0 bridgehead atoms. The average Bonchev–Trinajstić information content (AvgIpc) is 1.81. The third kappa shape index (κ3) is 352. The van der Waals surface area contributed by atoms with E-state index in [1.54, 1.807) is 20.8 Å². The van der Waals surface area contributed by atoms with Gasteiger partial charge < -0.3 is 0 Å². The molecule has 0 saturated heterocycles. The topological polar surface area (TPSA) is 0 Å². The predicted molar refractivity (Wildman–Crippen MR) is 38.8 cm³/mol. The molecule has 0 amide bonds. The van der Waals surface area contributed by atoms with E-state index in [4.69, 9.17) is 0 Å². The monoisotopic (exact) mass is 156 g/mol. The summed E-state index contributed by atoms with van der Waals surface area (Å²) in [5.41, 5.74) is 0. The van der Waals surface area contributed by atoms with E-state index in [2.05, 4.69) is 20.8 Å². The fourth-order valence-electron chi connectivity index (χ4n) is 0. The molecule has 0 spiro atoms. The standard InChI is InChI=1S/3C2H5.Ga/c3*1-2;/h3*1H2,2H3;. The summed E-state index contributed by atoms with van der Waals surface area (Å²) in [6.45, 7) is 15.0. The molecule has 0 atom stereocenters. The van der Waals surface area contributed by atoms with Crippen molar-refractivity contribution in [2.75, 3.05) is 0 Å². The second-order valence-electron chi connectivity index (χ2n) is 0. The minimum Gasteiger partial charge on any atom is -0.0654 e. The van der Waals surface area contributed by atoms with Crippen LogP contribution in [0.25, 0.3) is 0 Å². The normalized spacial score (nSPS) is 2.57. The van der Waals surface area contributed by atoms with Gasteiger partial charge in [0, 0.05) is 19.8 Å². The SMILES string of the molecule is [CH2]C.[CH2]C.[CH2]C.[Ga]. The molecule has 0 aromatic heterocycles. The van der Waals surface area contributed by atoms with Gasteiger partial charge >= 0.3 is 0 Å². The van der Waals surface area contributed by atoms with Gasteiger partial charge in [-0.15, -0.1) is 0 Å². The smallest absolute Gasteiger partial charge is 0 e. The summed E-state index contributed by atoms with van der Waals surface area (Å²) in [6.07, 6.45) is 0. The van der Waals surface area contributed by atoms with Gasteiger partial charge in [-0.3, -0.25) is 0 Å². The van der Waals surface area contributed by atoms with Crippen LogP contribution >= 0.6 is 0 Å². The predicted octanol–water partition coefficient (Wildman–Crippen LogP) is 2.14. The van der Waals surface area contributed by atoms with Gasteiger partial charge in [-0.05, 0) is 0 Å². The first-order valence-corrected chi connectivity index (χ1v) is 2.12. The molecule has 7 heavy (non-hydrogen) atoms. The van der Waals surface area contributed by atoms with Crippen LogP contribution in [-0.2, 0) is 0 Å². The van der Waals surface area contributed by atoms with E-state index in [0.717, 1.165) is 0 Å². The number of hydrogen-bond donors (Lipinski definition) is 0. The molecule has 0 heterocycles. The third-order valence-electron chi connectivity index (χ3n) is 0. The zero-order chi connectivity index (χ0) is 6.00. The van der Waals surface area contributed by atoms with Gasteiger partial charge in [0.2, 0.25) is 0 Å². The van der Waals surface area contributed by atoms with Crippen molar-refractivity contribution in [2.24, 2.45) is 0 Å². The van der Waals surface area contributed by atoms with E-state index in [1.165, 1.54) is 0 Å². The Balaban J connectivity index is -0.00000000900. The maximum Gasteiger partial charge on any atom is 0 e. The first-order chi connectivity index (χ1) is 3.00. The Morgan fingerprint density at radius 2 is 0.571 bits per heavy atom. The number of hydrogen-bond acceptors (Lipinski definition) is 0. The molecule has 0 nitrogen and oxygen atoms in total. The van der Waals surface area contributed by atoms with Crippen LogP contribution in [0.5, 0.6) is 0 Å². The zero-order valence-electron chi connectivity index (χ0n) is 5.70. The summed E-state index contributed by atoms with van der Waals surface area (Å²) in [5.74, 6) is 0. The zero-order valence-corrected chi connectivity index (χ0v) is 8.12. The summed E-state index contributed by atoms with van der Waals surface area (Å²) in [7, 11) is 0. The molecule has 0 aliphatic rings. The molecule has 6 radical (unpaired) electrons. The summed E-state index contributed by atoms with van der Waals surface area (Å²) in [4.78, 5) is 0. The fraction of sp³-hybridized carbons (Fsp3) is 0.500. The Bertz CT molecular complexity index is 4.14. The minimum absolute atomic E-state index is 0. The molecular weight excluding hydrogens is 142 g/mol. The van der Waals surface area contributed by atoms with Gasteiger partial charge in [-0.1, -0.05) is 41.5 Å². The van der Waals surface area contributed by atoms with E-state index < -0.39 is 0 Å². The largest absolute Gasteiger partial charge is 0.0654 e. The van der Waals surface area contributed by atoms with Crippen molar-refractivity contribution in [3.63, 3.8) is 0 Å². The second-order valence-corrected chi connectivity index (χ2v) is 0. The summed E-state index contributed by atoms with van der Waals surface area (Å²) in [5, 5.41) is 0. The van der Waals surface area contributed by atoms with E-state index in [9.17, 15) is 0 Å². The van der Waals surface area contributed by atoms with E-state index in [1.807, 2.05) is 0 Å². The van der Waals surface area contributed by atoms with Crippen LogP contribution in [0.4, 0.5) is 0 Å². The molecule has 0 saturated carbocycles. The van der Waals surface area contributed by atoms with Crippen molar-refractivity contribution in [1.82, 2.24) is 0 Å². The van der Waals surface area contributed by atoms with Gasteiger partial charge in [0.25, 0.3) is 0 Å². The second kappa shape index (κ2) is 521. The molecule has 0 N–H and O–H groups in total. The van der Waals surface area contributed by atoms with E-state index in [-0.39, 0.29) is 19.8 Å². The summed E-state index contributed by atoms with van der Waals surface area (Å²) in [6, 6.07) is 0. The Hall–Kier alpha value is 0.636. The van der Waals surface area contributed by atoms with E-state index in [0.29, 0.717) is 0 Å².